The number of nitrogens with one attached hydrogen (secondary N) is 4. The summed E-state index contributed by atoms with van der Waals surface area (Å²) in [5, 5.41) is 0. The predicted molar refractivity (Wildman–Crippen MR) is 472 cm³/mol. The van der Waals surface area contributed by atoms with Crippen LogP contribution in [0.25, 0.3) is 137 Å². The van der Waals surface area contributed by atoms with E-state index in [2.05, 4.69) is 349 Å². The molecule has 0 fully saturated rings. The summed E-state index contributed by atoms with van der Waals surface area (Å²) in [6, 6.07) is 45.1. The number of hydrogen-bond acceptors (Lipinski definition) is 6. The number of aromatic amines is 4. The molecule has 110 heavy (non-hydrogen) atoms. The Bertz CT molecular complexity index is 5830. The number of nitrogens with two attached hydrogens (primary N) is 2. The van der Waals surface area contributed by atoms with E-state index >= 15 is 0 Å². The van der Waals surface area contributed by atoms with Gasteiger partial charge in [-0.05, 0) is 231 Å². The number of hydrogen-bond donors (Lipinski definition) is 6. The third-order valence-corrected chi connectivity index (χ3v) is 21.8. The average Bonchev–Trinajstić information content (AvgIpc) is 1.48. The summed E-state index contributed by atoms with van der Waals surface area (Å²) in [7, 11) is 0. The Labute approximate surface area is 651 Å². The van der Waals surface area contributed by atoms with Crippen LogP contribution in [0.15, 0.2) is 121 Å². The predicted octanol–water partition coefficient (Wildman–Crippen LogP) is 25.2. The van der Waals surface area contributed by atoms with Gasteiger partial charge in [0.15, 0.2) is 0 Å². The molecule has 0 radical (unpaired) electrons. The summed E-state index contributed by atoms with van der Waals surface area (Å²) in [5.41, 5.74) is 46.0. The first kappa shape index (κ1) is 75.6. The van der Waals surface area contributed by atoms with E-state index in [9.17, 15) is 0 Å². The molecule has 4 aromatic carbocycles. The van der Waals surface area contributed by atoms with E-state index in [4.69, 9.17) is 31.4 Å². The fourth-order valence-electron chi connectivity index (χ4n) is 14.7. The Morgan fingerprint density at radius 3 is 0.673 bits per heavy atom. The van der Waals surface area contributed by atoms with Crippen LogP contribution >= 0.6 is 0 Å². The highest BCUT2D eigenvalue weighted by Crippen LogP contribution is 2.45. The van der Waals surface area contributed by atoms with Crippen molar-refractivity contribution in [2.24, 2.45) is 0 Å². The monoisotopic (exact) mass is 1450 g/mol. The van der Waals surface area contributed by atoms with Crippen LogP contribution in [0.3, 0.4) is 0 Å². The number of benzene rings is 4. The molecule has 558 valence electrons. The summed E-state index contributed by atoms with van der Waals surface area (Å²) in [5.74, 6) is 13.9. The van der Waals surface area contributed by atoms with E-state index in [0.29, 0.717) is 50.8 Å². The number of nitrogen functional groups attached to an aromatic ring is 2. The maximum atomic E-state index is 7.28. The fourth-order valence-corrected chi connectivity index (χ4v) is 14.7. The van der Waals surface area contributed by atoms with Crippen LogP contribution in [-0.4, -0.2) is 39.9 Å². The Hall–Kier alpha value is -11.2. The minimum atomic E-state index is -0.163. The van der Waals surface area contributed by atoms with Crippen molar-refractivity contribution in [2.45, 2.75) is 209 Å². The maximum Gasteiger partial charge on any atom is 0.0888 e. The van der Waals surface area contributed by atoms with Gasteiger partial charge in [-0.3, -0.25) is 0 Å². The van der Waals surface area contributed by atoms with Gasteiger partial charge in [-0.1, -0.05) is 239 Å². The summed E-state index contributed by atoms with van der Waals surface area (Å²) in [6.45, 7) is 54.8. The molecule has 10 heterocycles. The molecule has 4 aliphatic rings. The number of rotatable bonds is 4. The Balaban J connectivity index is 1.03. The molecule has 0 aliphatic carbocycles. The molecule has 0 amide bonds. The molecule has 0 saturated heterocycles. The van der Waals surface area contributed by atoms with Gasteiger partial charge in [0.2, 0.25) is 0 Å². The average molecular weight is 1450 g/mol. The van der Waals surface area contributed by atoms with Crippen molar-refractivity contribution in [3.8, 4) is 68.2 Å². The molecule has 14 rings (SSSR count). The van der Waals surface area contributed by atoms with Gasteiger partial charge in [0.1, 0.15) is 0 Å². The SMILES string of the molecule is CC(C)(C)c1cc(-c2c3nc(c(-c4cc(C(C)(C)C)cc(C(C)(C)C)c4)c4ccc([nH]4)c(C#CC#Cc4c5nc(c(-c6cc(C(C)(C)C)cc(C(C)(C)C)c6)c6ccc([nH]6)c(-c6cc(C(C)(C)C)cc(C(C)(C)C)c6)c6nc(c(N)c7ccc4[nH]7)C=C6)C=C5)c4nc(c(N)c5ccc2[nH]5)C=C4)C=C3)cc(C(C)(C)C)c1. The van der Waals surface area contributed by atoms with Crippen molar-refractivity contribution in [3.05, 3.63) is 223 Å². The third kappa shape index (κ3) is 14.9. The summed E-state index contributed by atoms with van der Waals surface area (Å²) in [6.07, 6.45) is 16.6. The van der Waals surface area contributed by atoms with E-state index in [0.717, 1.165) is 106 Å². The lowest BCUT2D eigenvalue weighted by molar-refractivity contribution is 0.568. The lowest BCUT2D eigenvalue weighted by Gasteiger charge is -2.26. The highest BCUT2D eigenvalue weighted by Gasteiger charge is 2.30. The zero-order valence-corrected chi connectivity index (χ0v) is 69.1. The van der Waals surface area contributed by atoms with Gasteiger partial charge < -0.3 is 31.4 Å². The van der Waals surface area contributed by atoms with Crippen LogP contribution in [-0.2, 0) is 43.3 Å². The largest absolute Gasteiger partial charge is 0.395 e. The standard InChI is InChI=1S/C100H108N10/c1-93(2,3)61-45-57(46-62(53-61)94(4,5)6)87-75-33-29-71(103-75)69(73-31-41-83(105-73)91(101)85-43-39-81(109-85)89(79-37-35-77(87)107-79)59-49-65(97(13,14)15)55-66(50-59)98(16,17)18)27-25-26-28-70-72-30-34-76(104-72)88(58-47-63(95(7,8)9)54-64(48-58)96(10,11)12)78-36-38-80(108-78)90(60-51-67(99(19,20)21)56-68(52-60)100(22,23)24)82-40-44-86(110-82)92(102)84-42-32-74(70)106-84/h29-56,103,106,108-109H,101-102H2,1-24H3. The highest BCUT2D eigenvalue weighted by atomic mass is 14.8. The fraction of sp³-hybridized carbons (Fsp3) is 0.320. The van der Waals surface area contributed by atoms with Crippen molar-refractivity contribution in [3.63, 3.8) is 0 Å². The molecule has 0 saturated carbocycles. The van der Waals surface area contributed by atoms with Crippen molar-refractivity contribution in [1.29, 1.82) is 0 Å². The second kappa shape index (κ2) is 26.8. The summed E-state index contributed by atoms with van der Waals surface area (Å²) in [4.78, 5) is 37.6. The van der Waals surface area contributed by atoms with Crippen LogP contribution in [0.1, 0.15) is 267 Å². The highest BCUT2D eigenvalue weighted by molar-refractivity contribution is 6.00. The van der Waals surface area contributed by atoms with E-state index in [1.54, 1.807) is 0 Å². The Kier molecular flexibility index (Phi) is 18.4. The first-order chi connectivity index (χ1) is 51.3. The van der Waals surface area contributed by atoms with E-state index < -0.39 is 0 Å². The van der Waals surface area contributed by atoms with Crippen LogP contribution in [0.5, 0.6) is 0 Å². The van der Waals surface area contributed by atoms with Crippen molar-refractivity contribution in [1.82, 2.24) is 39.9 Å². The van der Waals surface area contributed by atoms with Crippen molar-refractivity contribution < 1.29 is 0 Å². The summed E-state index contributed by atoms with van der Waals surface area (Å²) < 4.78 is 0. The van der Waals surface area contributed by atoms with Gasteiger partial charge in [0.25, 0.3) is 0 Å². The topological polar surface area (TPSA) is 167 Å². The second-order valence-corrected chi connectivity index (χ2v) is 38.8. The van der Waals surface area contributed by atoms with Crippen LogP contribution in [0.4, 0.5) is 11.4 Å². The van der Waals surface area contributed by atoms with E-state index in [-0.39, 0.29) is 43.3 Å². The minimum Gasteiger partial charge on any atom is -0.395 e. The van der Waals surface area contributed by atoms with Gasteiger partial charge in [0.05, 0.1) is 90.1 Å². The number of fused-ring (bicyclic) bond motifs is 16. The minimum absolute atomic E-state index is 0.131. The number of anilines is 2. The van der Waals surface area contributed by atoms with E-state index in [1.165, 1.54) is 44.5 Å². The molecule has 0 atom stereocenters. The molecule has 10 nitrogen and oxygen atoms in total. The molecule has 10 heteroatoms. The lowest BCUT2D eigenvalue weighted by Crippen LogP contribution is -2.16. The molecule has 6 aromatic heterocycles. The molecule has 16 bridgehead atoms. The molecular weight excluding hydrogens is 1340 g/mol. The third-order valence-electron chi connectivity index (χ3n) is 21.8. The molecular formula is C100H108N10. The second-order valence-electron chi connectivity index (χ2n) is 38.8. The van der Waals surface area contributed by atoms with Gasteiger partial charge in [-0.15, -0.1) is 0 Å². The molecule has 4 aliphatic heterocycles. The van der Waals surface area contributed by atoms with Crippen molar-refractivity contribution >= 4 is 104 Å². The first-order valence-electron chi connectivity index (χ1n) is 38.8. The summed E-state index contributed by atoms with van der Waals surface area (Å²) >= 11 is 0. The smallest absolute Gasteiger partial charge is 0.0888 e. The zero-order chi connectivity index (χ0) is 79.1. The van der Waals surface area contributed by atoms with E-state index in [1.807, 2.05) is 30.4 Å². The quantitative estimate of drug-likeness (QED) is 0.0960. The molecule has 0 unspecified atom stereocenters. The molecule has 8 N–H and O–H groups in total. The van der Waals surface area contributed by atoms with Crippen LogP contribution in [0, 0.1) is 23.7 Å². The lowest BCUT2D eigenvalue weighted by atomic mass is 9.78. The van der Waals surface area contributed by atoms with Crippen molar-refractivity contribution in [2.75, 3.05) is 11.5 Å². The Morgan fingerprint density at radius 2 is 0.409 bits per heavy atom. The van der Waals surface area contributed by atoms with Gasteiger partial charge in [0, 0.05) is 44.3 Å². The van der Waals surface area contributed by atoms with Crippen LogP contribution in [0.2, 0.25) is 0 Å². The zero-order valence-electron chi connectivity index (χ0n) is 69.1. The maximum absolute atomic E-state index is 7.28. The van der Waals surface area contributed by atoms with Gasteiger partial charge >= 0.3 is 0 Å². The van der Waals surface area contributed by atoms with Gasteiger partial charge in [-0.25, -0.2) is 19.9 Å². The first-order valence-corrected chi connectivity index (χ1v) is 38.8. The number of nitrogens with zero attached hydrogens (tertiary/aromatic N) is 4. The van der Waals surface area contributed by atoms with Gasteiger partial charge in [-0.2, -0.15) is 0 Å². The molecule has 0 spiro atoms. The molecule has 10 aromatic rings. The Morgan fingerprint density at radius 1 is 0.227 bits per heavy atom. The normalized spacial score (nSPS) is 13.4. The number of H-pyrrole nitrogens is 4. The number of aromatic nitrogens is 8. The van der Waals surface area contributed by atoms with Crippen LogP contribution < -0.4 is 11.5 Å².